The molecular formula is C10H8N4O4. The van der Waals surface area contributed by atoms with Crippen LogP contribution in [-0.4, -0.2) is 19.7 Å². The van der Waals surface area contributed by atoms with E-state index < -0.39 is 16.2 Å². The van der Waals surface area contributed by atoms with Gasteiger partial charge in [0.2, 0.25) is 0 Å². The van der Waals surface area contributed by atoms with Crippen molar-refractivity contribution >= 4 is 5.69 Å². The summed E-state index contributed by atoms with van der Waals surface area (Å²) in [6.45, 7) is 0.133. The topological polar surface area (TPSA) is 111 Å². The van der Waals surface area contributed by atoms with Crippen molar-refractivity contribution in [2.45, 2.75) is 6.54 Å². The second kappa shape index (κ2) is 4.62. The number of hydrogen-bond acceptors (Lipinski definition) is 5. The molecule has 0 amide bonds. The van der Waals surface area contributed by atoms with Crippen LogP contribution in [0.25, 0.3) is 0 Å². The van der Waals surface area contributed by atoms with Crippen LogP contribution in [0, 0.1) is 10.1 Å². The number of non-ortho nitro benzene ring substituents is 1. The van der Waals surface area contributed by atoms with Gasteiger partial charge in [-0.05, 0) is 5.56 Å². The van der Waals surface area contributed by atoms with Crippen molar-refractivity contribution in [1.29, 1.82) is 0 Å². The van der Waals surface area contributed by atoms with Crippen molar-refractivity contribution in [3.63, 3.8) is 0 Å². The Balaban J connectivity index is 2.26. The molecule has 0 unspecified atom stereocenters. The zero-order valence-corrected chi connectivity index (χ0v) is 9.07. The molecule has 0 fully saturated rings. The number of nitrogens with zero attached hydrogens (tertiary/aromatic N) is 3. The number of nitro benzene ring substituents is 1. The molecule has 92 valence electrons. The lowest BCUT2D eigenvalue weighted by atomic mass is 10.2. The Kier molecular flexibility index (Phi) is 3.00. The van der Waals surface area contributed by atoms with Crippen LogP contribution >= 0.6 is 0 Å². The van der Waals surface area contributed by atoms with Crippen LogP contribution < -0.4 is 11.2 Å². The van der Waals surface area contributed by atoms with Gasteiger partial charge in [-0.1, -0.05) is 12.1 Å². The maximum absolute atomic E-state index is 11.4. The number of rotatable bonds is 3. The standard InChI is InChI=1S/C10H8N4O4/c15-9-5-11-13(10(16)12-9)6-7-1-3-8(4-2-7)14(17)18/h1-5H,6H2,(H,12,15,16). The molecule has 18 heavy (non-hydrogen) atoms. The summed E-state index contributed by atoms with van der Waals surface area (Å²) in [5.74, 6) is 0. The van der Waals surface area contributed by atoms with E-state index >= 15 is 0 Å². The van der Waals surface area contributed by atoms with E-state index in [1.807, 2.05) is 0 Å². The SMILES string of the molecule is O=c1cnn(Cc2ccc([N+](=O)[O-])cc2)c(=O)[nH]1. The van der Waals surface area contributed by atoms with Gasteiger partial charge >= 0.3 is 5.69 Å². The van der Waals surface area contributed by atoms with Crippen LogP contribution in [0.4, 0.5) is 5.69 Å². The summed E-state index contributed by atoms with van der Waals surface area (Å²) in [5.41, 5.74) is -0.552. The minimum atomic E-state index is -0.624. The fraction of sp³-hybridized carbons (Fsp3) is 0.100. The monoisotopic (exact) mass is 248 g/mol. The van der Waals surface area contributed by atoms with E-state index in [9.17, 15) is 19.7 Å². The summed E-state index contributed by atoms with van der Waals surface area (Å²) < 4.78 is 1.06. The molecule has 0 atom stereocenters. The van der Waals surface area contributed by atoms with E-state index in [0.717, 1.165) is 10.9 Å². The van der Waals surface area contributed by atoms with Crippen LogP contribution in [0.3, 0.4) is 0 Å². The number of H-pyrrole nitrogens is 1. The molecule has 0 bridgehead atoms. The van der Waals surface area contributed by atoms with Crippen LogP contribution in [0.15, 0.2) is 40.1 Å². The Morgan fingerprint density at radius 1 is 1.28 bits per heavy atom. The summed E-state index contributed by atoms with van der Waals surface area (Å²) >= 11 is 0. The molecule has 8 heteroatoms. The lowest BCUT2D eigenvalue weighted by molar-refractivity contribution is -0.384. The van der Waals surface area contributed by atoms with Crippen LogP contribution in [0.1, 0.15) is 5.56 Å². The molecule has 1 heterocycles. The van der Waals surface area contributed by atoms with Crippen LogP contribution in [0.2, 0.25) is 0 Å². The maximum Gasteiger partial charge on any atom is 0.345 e. The molecule has 0 radical (unpaired) electrons. The van der Waals surface area contributed by atoms with Gasteiger partial charge in [-0.3, -0.25) is 19.9 Å². The summed E-state index contributed by atoms with van der Waals surface area (Å²) in [6.07, 6.45) is 0.993. The molecule has 8 nitrogen and oxygen atoms in total. The third kappa shape index (κ3) is 2.48. The van der Waals surface area contributed by atoms with E-state index in [1.165, 1.54) is 24.3 Å². The van der Waals surface area contributed by atoms with Gasteiger partial charge in [-0.2, -0.15) is 5.10 Å². The maximum atomic E-state index is 11.4. The fourth-order valence-electron chi connectivity index (χ4n) is 1.39. The molecular weight excluding hydrogens is 240 g/mol. The molecule has 0 saturated carbocycles. The molecule has 0 aliphatic rings. The van der Waals surface area contributed by atoms with E-state index in [-0.39, 0.29) is 12.2 Å². The van der Waals surface area contributed by atoms with Gasteiger partial charge in [0, 0.05) is 12.1 Å². The minimum absolute atomic E-state index is 0.0273. The lowest BCUT2D eigenvalue weighted by Gasteiger charge is -2.02. The number of nitro groups is 1. The Morgan fingerprint density at radius 2 is 1.94 bits per heavy atom. The van der Waals surface area contributed by atoms with Gasteiger partial charge in [0.25, 0.3) is 11.2 Å². The molecule has 2 aromatic rings. The smallest absolute Gasteiger partial charge is 0.271 e. The Hall–Kier alpha value is -2.77. The van der Waals surface area contributed by atoms with Gasteiger partial charge in [-0.25, -0.2) is 9.48 Å². The van der Waals surface area contributed by atoms with E-state index in [4.69, 9.17) is 0 Å². The Bertz CT molecular complexity index is 686. The number of aromatic amines is 1. The van der Waals surface area contributed by atoms with Crippen molar-refractivity contribution in [2.24, 2.45) is 0 Å². The Morgan fingerprint density at radius 3 is 2.50 bits per heavy atom. The molecule has 1 aromatic carbocycles. The first-order valence-corrected chi connectivity index (χ1v) is 4.96. The highest BCUT2D eigenvalue weighted by molar-refractivity contribution is 5.32. The Labute approximate surface area is 99.7 Å². The summed E-state index contributed by atoms with van der Waals surface area (Å²) in [7, 11) is 0. The van der Waals surface area contributed by atoms with E-state index in [0.29, 0.717) is 5.56 Å². The largest absolute Gasteiger partial charge is 0.345 e. The molecule has 0 spiro atoms. The highest BCUT2D eigenvalue weighted by Gasteiger charge is 2.05. The normalized spacial score (nSPS) is 10.2. The lowest BCUT2D eigenvalue weighted by Crippen LogP contribution is -2.31. The van der Waals surface area contributed by atoms with Crippen molar-refractivity contribution in [3.8, 4) is 0 Å². The van der Waals surface area contributed by atoms with Crippen LogP contribution in [0.5, 0.6) is 0 Å². The summed E-state index contributed by atoms with van der Waals surface area (Å²) in [4.78, 5) is 34.2. The molecule has 0 aliphatic carbocycles. The van der Waals surface area contributed by atoms with Crippen molar-refractivity contribution in [1.82, 2.24) is 14.8 Å². The predicted octanol–water partition coefficient (Wildman–Crippen LogP) is -0.112. The summed E-state index contributed by atoms with van der Waals surface area (Å²) in [5, 5.41) is 14.1. The van der Waals surface area contributed by atoms with E-state index in [2.05, 4.69) is 10.1 Å². The molecule has 1 aromatic heterocycles. The average molecular weight is 248 g/mol. The number of hydrogen-bond donors (Lipinski definition) is 1. The van der Waals surface area contributed by atoms with Gasteiger partial charge in [-0.15, -0.1) is 0 Å². The number of aromatic nitrogens is 3. The van der Waals surface area contributed by atoms with Gasteiger partial charge < -0.3 is 0 Å². The molecule has 0 aliphatic heterocycles. The second-order valence-electron chi connectivity index (χ2n) is 3.52. The predicted molar refractivity (Wildman–Crippen MR) is 61.3 cm³/mol. The first-order chi connectivity index (χ1) is 8.56. The first-order valence-electron chi connectivity index (χ1n) is 4.96. The highest BCUT2D eigenvalue weighted by Crippen LogP contribution is 2.11. The van der Waals surface area contributed by atoms with Gasteiger partial charge in [0.1, 0.15) is 6.20 Å². The number of nitrogens with one attached hydrogen (secondary N) is 1. The van der Waals surface area contributed by atoms with Gasteiger partial charge in [0.15, 0.2) is 0 Å². The third-order valence-corrected chi connectivity index (χ3v) is 2.26. The second-order valence-corrected chi connectivity index (χ2v) is 3.52. The summed E-state index contributed by atoms with van der Waals surface area (Å²) in [6, 6.07) is 5.73. The van der Waals surface area contributed by atoms with Crippen LogP contribution in [-0.2, 0) is 6.54 Å². The van der Waals surface area contributed by atoms with Crippen molar-refractivity contribution in [3.05, 3.63) is 67.0 Å². The molecule has 1 N–H and O–H groups in total. The highest BCUT2D eigenvalue weighted by atomic mass is 16.6. The molecule has 0 saturated heterocycles. The van der Waals surface area contributed by atoms with Gasteiger partial charge in [0.05, 0.1) is 11.5 Å². The zero-order valence-electron chi connectivity index (χ0n) is 9.07. The minimum Gasteiger partial charge on any atom is -0.271 e. The van der Waals surface area contributed by atoms with Crippen molar-refractivity contribution in [2.75, 3.05) is 0 Å². The van der Waals surface area contributed by atoms with Crippen molar-refractivity contribution < 1.29 is 4.92 Å². The fourth-order valence-corrected chi connectivity index (χ4v) is 1.39. The number of benzene rings is 1. The van der Waals surface area contributed by atoms with E-state index in [1.54, 1.807) is 0 Å². The zero-order chi connectivity index (χ0) is 13.1. The third-order valence-electron chi connectivity index (χ3n) is 2.26. The quantitative estimate of drug-likeness (QED) is 0.601. The average Bonchev–Trinajstić information content (AvgIpc) is 2.33. The molecule has 2 rings (SSSR count). The first kappa shape index (κ1) is 11.7.